The maximum absolute atomic E-state index is 6.42. The van der Waals surface area contributed by atoms with Crippen LogP contribution in [-0.2, 0) is 0 Å². The van der Waals surface area contributed by atoms with Crippen LogP contribution in [0.2, 0.25) is 0 Å². The van der Waals surface area contributed by atoms with E-state index in [1.807, 2.05) is 12.3 Å². The van der Waals surface area contributed by atoms with Gasteiger partial charge in [-0.05, 0) is 35.2 Å². The van der Waals surface area contributed by atoms with E-state index in [1.165, 1.54) is 49.2 Å². The maximum Gasteiger partial charge on any atom is 0.153 e. The molecule has 1 aliphatic heterocycles. The van der Waals surface area contributed by atoms with E-state index in [-0.39, 0.29) is 0 Å². The number of fused-ring (bicyclic) bond motifs is 7. The van der Waals surface area contributed by atoms with Gasteiger partial charge in [0.05, 0.1) is 22.9 Å². The summed E-state index contributed by atoms with van der Waals surface area (Å²) in [7, 11) is 0. The van der Waals surface area contributed by atoms with Crippen molar-refractivity contribution in [3.63, 3.8) is 0 Å². The Bertz CT molecular complexity index is 1940. The van der Waals surface area contributed by atoms with Crippen LogP contribution in [-0.4, -0.2) is 9.55 Å². The molecule has 1 aliphatic rings. The smallest absolute Gasteiger partial charge is 0.153 e. The van der Waals surface area contributed by atoms with Crippen molar-refractivity contribution in [2.45, 2.75) is 0 Å². The molecular formula is C31H18N2O. The third-order valence-electron chi connectivity index (χ3n) is 7.06. The second-order valence-electron chi connectivity index (χ2n) is 8.82. The van der Waals surface area contributed by atoms with Gasteiger partial charge < -0.3 is 9.30 Å². The maximum atomic E-state index is 6.42. The third kappa shape index (κ3) is 2.23. The Kier molecular flexibility index (Phi) is 3.39. The summed E-state index contributed by atoms with van der Waals surface area (Å²) in [4.78, 5) is 4.29. The highest BCUT2D eigenvalue weighted by Crippen LogP contribution is 2.50. The van der Waals surface area contributed by atoms with Gasteiger partial charge in [-0.15, -0.1) is 0 Å². The standard InChI is InChI=1S/C31H18N2O/c1-2-9-20-19(7-1)8-5-14-26(20)33-27-13-4-3-10-21(27)25-17-28-30-23(11-6-12-24(30)31(25)33)22-15-16-32-18-29(22)34-28/h1-18H. The summed E-state index contributed by atoms with van der Waals surface area (Å²) < 4.78 is 8.85. The van der Waals surface area contributed by atoms with Gasteiger partial charge in [0.15, 0.2) is 5.75 Å². The summed E-state index contributed by atoms with van der Waals surface area (Å²) in [5, 5.41) is 7.22. The molecule has 3 heterocycles. The molecule has 0 amide bonds. The monoisotopic (exact) mass is 434 g/mol. The first kappa shape index (κ1) is 17.9. The van der Waals surface area contributed by atoms with Crippen molar-refractivity contribution < 1.29 is 4.74 Å². The minimum absolute atomic E-state index is 0.805. The van der Waals surface area contributed by atoms with Crippen molar-refractivity contribution in [1.82, 2.24) is 9.55 Å². The molecule has 0 saturated carbocycles. The predicted molar refractivity (Wildman–Crippen MR) is 139 cm³/mol. The largest absolute Gasteiger partial charge is 0.454 e. The molecule has 0 fully saturated rings. The van der Waals surface area contributed by atoms with Gasteiger partial charge in [0, 0.05) is 38.7 Å². The number of hydrogen-bond acceptors (Lipinski definition) is 2. The van der Waals surface area contributed by atoms with Gasteiger partial charge in [0.25, 0.3) is 0 Å². The lowest BCUT2D eigenvalue weighted by atomic mass is 9.94. The van der Waals surface area contributed by atoms with Crippen molar-refractivity contribution in [3.05, 3.63) is 109 Å². The van der Waals surface area contributed by atoms with Gasteiger partial charge in [-0.2, -0.15) is 0 Å². The van der Waals surface area contributed by atoms with Crippen LogP contribution in [0.1, 0.15) is 0 Å². The summed E-state index contributed by atoms with van der Waals surface area (Å²) in [6, 6.07) is 34.6. The van der Waals surface area contributed by atoms with Crippen molar-refractivity contribution in [2.75, 3.05) is 0 Å². The number of aromatic nitrogens is 2. The molecule has 8 rings (SSSR count). The molecule has 0 radical (unpaired) electrons. The lowest BCUT2D eigenvalue weighted by molar-refractivity contribution is 0.485. The lowest BCUT2D eigenvalue weighted by Gasteiger charge is -2.22. The fraction of sp³-hybridized carbons (Fsp3) is 0. The minimum atomic E-state index is 0.805. The van der Waals surface area contributed by atoms with Crippen molar-refractivity contribution >= 4 is 43.4 Å². The summed E-state index contributed by atoms with van der Waals surface area (Å²) in [5.41, 5.74) is 5.86. The molecule has 0 aliphatic carbocycles. The second-order valence-corrected chi connectivity index (χ2v) is 8.82. The van der Waals surface area contributed by atoms with Crippen LogP contribution < -0.4 is 4.74 Å². The van der Waals surface area contributed by atoms with E-state index in [4.69, 9.17) is 4.74 Å². The zero-order valence-corrected chi connectivity index (χ0v) is 18.2. The average molecular weight is 434 g/mol. The van der Waals surface area contributed by atoms with Gasteiger partial charge in [0.2, 0.25) is 0 Å². The molecule has 7 aromatic rings. The van der Waals surface area contributed by atoms with Crippen molar-refractivity contribution in [1.29, 1.82) is 0 Å². The van der Waals surface area contributed by atoms with Crippen LogP contribution in [0.25, 0.3) is 60.2 Å². The number of para-hydroxylation sites is 1. The molecule has 0 unspecified atom stereocenters. The highest BCUT2D eigenvalue weighted by Gasteiger charge is 2.24. The minimum Gasteiger partial charge on any atom is -0.454 e. The molecular weight excluding hydrogens is 416 g/mol. The van der Waals surface area contributed by atoms with E-state index in [9.17, 15) is 0 Å². The Morgan fingerprint density at radius 1 is 0.618 bits per heavy atom. The summed E-state index contributed by atoms with van der Waals surface area (Å²) >= 11 is 0. The van der Waals surface area contributed by atoms with E-state index < -0.39 is 0 Å². The average Bonchev–Trinajstić information content (AvgIpc) is 3.23. The van der Waals surface area contributed by atoms with Crippen LogP contribution in [0.5, 0.6) is 11.5 Å². The zero-order valence-electron chi connectivity index (χ0n) is 18.2. The molecule has 5 aromatic carbocycles. The molecule has 0 bridgehead atoms. The van der Waals surface area contributed by atoms with Crippen LogP contribution in [0.4, 0.5) is 0 Å². The van der Waals surface area contributed by atoms with Gasteiger partial charge in [-0.25, -0.2) is 0 Å². The summed E-state index contributed by atoms with van der Waals surface area (Å²) in [6.45, 7) is 0. The van der Waals surface area contributed by atoms with Crippen molar-refractivity contribution in [2.24, 2.45) is 0 Å². The summed E-state index contributed by atoms with van der Waals surface area (Å²) in [5.74, 6) is 1.69. The Balaban J connectivity index is 1.62. The van der Waals surface area contributed by atoms with Gasteiger partial charge in [-0.3, -0.25) is 4.98 Å². The van der Waals surface area contributed by atoms with E-state index in [1.54, 1.807) is 6.20 Å². The van der Waals surface area contributed by atoms with Crippen LogP contribution in [0.15, 0.2) is 109 Å². The van der Waals surface area contributed by atoms with Crippen LogP contribution in [0, 0.1) is 0 Å². The van der Waals surface area contributed by atoms with Crippen molar-refractivity contribution in [3.8, 4) is 28.3 Å². The van der Waals surface area contributed by atoms with E-state index >= 15 is 0 Å². The second kappa shape index (κ2) is 6.46. The van der Waals surface area contributed by atoms with Gasteiger partial charge in [-0.1, -0.05) is 72.8 Å². The quantitative estimate of drug-likeness (QED) is 0.260. The molecule has 0 spiro atoms. The Hall–Kier alpha value is -4.63. The van der Waals surface area contributed by atoms with Crippen LogP contribution >= 0.6 is 0 Å². The highest BCUT2D eigenvalue weighted by atomic mass is 16.5. The molecule has 3 heteroatoms. The topological polar surface area (TPSA) is 27.1 Å². The number of rotatable bonds is 1. The van der Waals surface area contributed by atoms with Crippen LogP contribution in [0.3, 0.4) is 0 Å². The summed E-state index contributed by atoms with van der Waals surface area (Å²) in [6.07, 6.45) is 3.64. The first-order chi connectivity index (χ1) is 16.9. The zero-order chi connectivity index (χ0) is 22.2. The van der Waals surface area contributed by atoms with Gasteiger partial charge in [0.1, 0.15) is 5.75 Å². The van der Waals surface area contributed by atoms with E-state index in [0.29, 0.717) is 0 Å². The Morgan fingerprint density at radius 2 is 1.41 bits per heavy atom. The molecule has 2 aromatic heterocycles. The third-order valence-corrected chi connectivity index (χ3v) is 7.06. The molecule has 0 atom stereocenters. The fourth-order valence-corrected chi connectivity index (χ4v) is 5.66. The number of pyridine rings is 1. The van der Waals surface area contributed by atoms with E-state index in [0.717, 1.165) is 22.4 Å². The number of ether oxygens (including phenoxy) is 1. The molecule has 158 valence electrons. The lowest BCUT2D eigenvalue weighted by Crippen LogP contribution is -2.00. The van der Waals surface area contributed by atoms with E-state index in [2.05, 4.69) is 101 Å². The van der Waals surface area contributed by atoms with Gasteiger partial charge >= 0.3 is 0 Å². The molecule has 0 saturated heterocycles. The predicted octanol–water partition coefficient (Wildman–Crippen LogP) is 8.26. The first-order valence-corrected chi connectivity index (χ1v) is 11.5. The molecule has 0 N–H and O–H groups in total. The normalized spacial score (nSPS) is 12.4. The Morgan fingerprint density at radius 3 is 2.38 bits per heavy atom. The molecule has 34 heavy (non-hydrogen) atoms. The first-order valence-electron chi connectivity index (χ1n) is 11.5. The fourth-order valence-electron chi connectivity index (χ4n) is 5.66. The molecule has 3 nitrogen and oxygen atoms in total. The SMILES string of the molecule is c1ccc2c(-n3c4ccccc4c4cc5c6c(cccc6c43)-c3ccncc3O5)cccc2c1. The Labute approximate surface area is 195 Å². The number of hydrogen-bond donors (Lipinski definition) is 0. The highest BCUT2D eigenvalue weighted by molar-refractivity contribution is 6.23. The number of nitrogens with zero attached hydrogens (tertiary/aromatic N) is 2. The number of benzene rings is 5.